The summed E-state index contributed by atoms with van der Waals surface area (Å²) in [6, 6.07) is 8.42. The van der Waals surface area contributed by atoms with Gasteiger partial charge in [0.05, 0.1) is 41.1 Å². The molecule has 2 aromatic carbocycles. The van der Waals surface area contributed by atoms with Gasteiger partial charge in [0.2, 0.25) is 0 Å². The zero-order valence-corrected chi connectivity index (χ0v) is 19.8. The minimum atomic E-state index is -0.978. The van der Waals surface area contributed by atoms with E-state index >= 15 is 4.39 Å². The fourth-order valence-electron chi connectivity index (χ4n) is 3.59. The Hall–Kier alpha value is -3.63. The number of aromatic nitrogens is 2. The molecule has 0 spiro atoms. The van der Waals surface area contributed by atoms with Crippen molar-refractivity contribution in [2.24, 2.45) is 0 Å². The molecular weight excluding hydrogens is 504 g/mol. The second kappa shape index (κ2) is 9.93. The van der Waals surface area contributed by atoms with Gasteiger partial charge in [0, 0.05) is 6.20 Å². The first-order valence-corrected chi connectivity index (χ1v) is 11.2. The molecule has 1 fully saturated rings. The summed E-state index contributed by atoms with van der Waals surface area (Å²) in [5.74, 6) is -1.85. The molecule has 1 amide bonds. The Bertz CT molecular complexity index is 1450. The summed E-state index contributed by atoms with van der Waals surface area (Å²) in [6.45, 7) is 1.62. The molecule has 182 valence electrons. The minimum absolute atomic E-state index is 0.0213. The Labute approximate surface area is 207 Å². The van der Waals surface area contributed by atoms with Crippen molar-refractivity contribution in [2.45, 2.75) is 13.5 Å². The maximum absolute atomic E-state index is 15.2. The highest BCUT2D eigenvalue weighted by molar-refractivity contribution is 6.42. The van der Waals surface area contributed by atoms with Crippen LogP contribution in [0.1, 0.15) is 22.8 Å². The maximum atomic E-state index is 15.2. The third-order valence-corrected chi connectivity index (χ3v) is 6.15. The van der Waals surface area contributed by atoms with Crippen molar-refractivity contribution < 1.29 is 23.5 Å². The molecule has 0 N–H and O–H groups in total. The molecule has 12 heteroatoms. The third kappa shape index (κ3) is 4.67. The Kier molecular flexibility index (Phi) is 6.95. The van der Waals surface area contributed by atoms with Gasteiger partial charge in [-0.15, -0.1) is 0 Å². The quantitative estimate of drug-likeness (QED) is 0.459. The van der Waals surface area contributed by atoms with Crippen LogP contribution in [0.2, 0.25) is 10.0 Å². The number of anilines is 1. The van der Waals surface area contributed by atoms with Crippen molar-refractivity contribution in [1.82, 2.24) is 9.13 Å². The Morgan fingerprint density at radius 3 is 2.60 bits per heavy atom. The van der Waals surface area contributed by atoms with E-state index in [1.54, 1.807) is 19.1 Å². The normalized spacial score (nSPS) is 13.1. The van der Waals surface area contributed by atoms with Crippen LogP contribution in [-0.2, 0) is 16.0 Å². The summed E-state index contributed by atoms with van der Waals surface area (Å²) in [5, 5.41) is 0.336. The Morgan fingerprint density at radius 2 is 1.94 bits per heavy atom. The van der Waals surface area contributed by atoms with Gasteiger partial charge in [-0.25, -0.2) is 18.8 Å². The van der Waals surface area contributed by atoms with Crippen LogP contribution in [0.5, 0.6) is 0 Å². The average molecular weight is 522 g/mol. The van der Waals surface area contributed by atoms with Gasteiger partial charge in [-0.3, -0.25) is 18.8 Å². The van der Waals surface area contributed by atoms with Crippen molar-refractivity contribution in [3.63, 3.8) is 0 Å². The van der Waals surface area contributed by atoms with Gasteiger partial charge < -0.3 is 9.47 Å². The van der Waals surface area contributed by atoms with Crippen LogP contribution in [0.15, 0.2) is 52.2 Å². The molecule has 9 nitrogen and oxygen atoms in total. The van der Waals surface area contributed by atoms with E-state index in [1.807, 2.05) is 0 Å². The molecule has 2 heterocycles. The van der Waals surface area contributed by atoms with E-state index in [0.717, 1.165) is 21.4 Å². The first-order chi connectivity index (χ1) is 16.7. The number of amides is 1. The number of carbonyl (C=O) groups excluding carboxylic acids is 2. The van der Waals surface area contributed by atoms with Gasteiger partial charge in [-0.05, 0) is 36.8 Å². The van der Waals surface area contributed by atoms with Crippen molar-refractivity contribution in [2.75, 3.05) is 24.7 Å². The van der Waals surface area contributed by atoms with Crippen molar-refractivity contribution >= 4 is 41.0 Å². The fourth-order valence-corrected chi connectivity index (χ4v) is 3.97. The molecule has 1 saturated heterocycles. The minimum Gasteiger partial charge on any atom is -0.462 e. The molecular formula is C23H18Cl2FN3O6. The topological polar surface area (TPSA) is 99.8 Å². The number of carbonyl (C=O) groups is 2. The highest BCUT2D eigenvalue weighted by atomic mass is 35.5. The largest absolute Gasteiger partial charge is 0.462 e. The monoisotopic (exact) mass is 521 g/mol. The van der Waals surface area contributed by atoms with Crippen LogP contribution < -0.4 is 16.1 Å². The van der Waals surface area contributed by atoms with Crippen LogP contribution >= 0.6 is 23.2 Å². The second-order valence-electron chi connectivity index (χ2n) is 7.42. The summed E-state index contributed by atoms with van der Waals surface area (Å²) >= 11 is 12.3. The van der Waals surface area contributed by atoms with Gasteiger partial charge in [-0.1, -0.05) is 35.3 Å². The molecule has 1 aliphatic heterocycles. The lowest BCUT2D eigenvalue weighted by atomic mass is 10.2. The molecule has 0 atom stereocenters. The lowest BCUT2D eigenvalue weighted by Gasteiger charge is -2.16. The molecule has 0 radical (unpaired) electrons. The number of hydrogen-bond donors (Lipinski definition) is 0. The molecule has 0 saturated carbocycles. The Morgan fingerprint density at radius 1 is 1.17 bits per heavy atom. The fraction of sp³-hybridized carbons (Fsp3) is 0.217. The van der Waals surface area contributed by atoms with Crippen LogP contribution in [-0.4, -0.2) is 41.0 Å². The molecule has 3 aromatic rings. The molecule has 0 unspecified atom stereocenters. The van der Waals surface area contributed by atoms with Gasteiger partial charge in [0.15, 0.2) is 0 Å². The first kappa shape index (κ1) is 24.5. The van der Waals surface area contributed by atoms with E-state index < -0.39 is 34.7 Å². The smallest absolute Gasteiger partial charge is 0.414 e. The number of nitrogens with zero attached hydrogens (tertiary/aromatic N) is 3. The summed E-state index contributed by atoms with van der Waals surface area (Å²) < 4.78 is 26.6. The van der Waals surface area contributed by atoms with E-state index in [4.69, 9.17) is 32.7 Å². The molecule has 0 aliphatic carbocycles. The number of rotatable bonds is 6. The average Bonchev–Trinajstić information content (AvgIpc) is 3.25. The summed E-state index contributed by atoms with van der Waals surface area (Å²) in [7, 11) is 0. The van der Waals surface area contributed by atoms with Crippen LogP contribution in [0, 0.1) is 5.82 Å². The third-order valence-electron chi connectivity index (χ3n) is 5.29. The van der Waals surface area contributed by atoms with Crippen molar-refractivity contribution in [3.8, 4) is 5.69 Å². The van der Waals surface area contributed by atoms with E-state index in [0.29, 0.717) is 5.56 Å². The number of halogens is 3. The zero-order valence-electron chi connectivity index (χ0n) is 18.3. The summed E-state index contributed by atoms with van der Waals surface area (Å²) in [4.78, 5) is 51.9. The number of ether oxygens (including phenoxy) is 2. The second-order valence-corrected chi connectivity index (χ2v) is 8.21. The highest BCUT2D eigenvalue weighted by Crippen LogP contribution is 2.26. The van der Waals surface area contributed by atoms with Gasteiger partial charge in [0.1, 0.15) is 18.0 Å². The van der Waals surface area contributed by atoms with E-state index in [9.17, 15) is 19.2 Å². The number of esters is 1. The number of cyclic esters (lactones) is 1. The maximum Gasteiger partial charge on any atom is 0.414 e. The highest BCUT2D eigenvalue weighted by Gasteiger charge is 2.26. The number of benzene rings is 2. The predicted molar refractivity (Wildman–Crippen MR) is 126 cm³/mol. The van der Waals surface area contributed by atoms with Gasteiger partial charge in [0.25, 0.3) is 5.56 Å². The molecule has 35 heavy (non-hydrogen) atoms. The van der Waals surface area contributed by atoms with Gasteiger partial charge in [-0.2, -0.15) is 0 Å². The molecule has 1 aromatic heterocycles. The van der Waals surface area contributed by atoms with E-state index in [2.05, 4.69) is 0 Å². The predicted octanol–water partition coefficient (Wildman–Crippen LogP) is 3.63. The van der Waals surface area contributed by atoms with E-state index in [1.165, 1.54) is 23.1 Å². The summed E-state index contributed by atoms with van der Waals surface area (Å²) in [6.07, 6.45) is 0.312. The Balaban J connectivity index is 1.88. The molecule has 4 rings (SSSR count). The summed E-state index contributed by atoms with van der Waals surface area (Å²) in [5.41, 5.74) is -2.01. The molecule has 1 aliphatic rings. The zero-order chi connectivity index (χ0) is 25.3. The van der Waals surface area contributed by atoms with Crippen molar-refractivity contribution in [3.05, 3.63) is 90.4 Å². The van der Waals surface area contributed by atoms with Crippen LogP contribution in [0.4, 0.5) is 14.9 Å². The van der Waals surface area contributed by atoms with Crippen LogP contribution in [0.3, 0.4) is 0 Å². The van der Waals surface area contributed by atoms with Crippen LogP contribution in [0.25, 0.3) is 5.69 Å². The SMILES string of the molecule is CCOC(=O)c1cn(-c2ccc(N3CCOC3=O)cc2F)c(=O)n(Cc2cccc(Cl)c2Cl)c1=O. The number of hydrogen-bond acceptors (Lipinski definition) is 6. The van der Waals surface area contributed by atoms with Gasteiger partial charge >= 0.3 is 17.8 Å². The van der Waals surface area contributed by atoms with E-state index in [-0.39, 0.29) is 47.7 Å². The lowest BCUT2D eigenvalue weighted by Crippen LogP contribution is -2.42. The first-order valence-electron chi connectivity index (χ1n) is 10.4. The lowest BCUT2D eigenvalue weighted by molar-refractivity contribution is 0.0522. The van der Waals surface area contributed by atoms with Crippen molar-refractivity contribution in [1.29, 1.82) is 0 Å². The standard InChI is InChI=1S/C23H18Cl2FN3O6/c1-2-34-21(31)15-12-28(18-7-6-14(10-17(18)26)27-8-9-35-23(27)33)22(32)29(20(15)30)11-13-4-3-5-16(24)19(13)25/h3-7,10,12H,2,8-9,11H2,1H3. The molecule has 0 bridgehead atoms.